The van der Waals surface area contributed by atoms with Gasteiger partial charge < -0.3 is 14.8 Å². The largest absolute Gasteiger partial charge is 0.452 e. The Labute approximate surface area is 157 Å². The van der Waals surface area contributed by atoms with Crippen molar-refractivity contribution in [2.45, 2.75) is 32.7 Å². The van der Waals surface area contributed by atoms with Gasteiger partial charge in [-0.3, -0.25) is 19.3 Å². The van der Waals surface area contributed by atoms with Gasteiger partial charge in [-0.15, -0.1) is 0 Å². The minimum Gasteiger partial charge on any atom is -0.452 e. The van der Waals surface area contributed by atoms with Crippen molar-refractivity contribution >= 4 is 23.7 Å². The number of rotatable bonds is 9. The van der Waals surface area contributed by atoms with Crippen molar-refractivity contribution in [1.29, 1.82) is 0 Å². The summed E-state index contributed by atoms with van der Waals surface area (Å²) >= 11 is 0. The average molecular weight is 376 g/mol. The third kappa shape index (κ3) is 4.91. The first-order chi connectivity index (χ1) is 12.9. The van der Waals surface area contributed by atoms with Crippen LogP contribution in [-0.4, -0.2) is 61.5 Å². The molecule has 1 aromatic rings. The number of esters is 1. The summed E-state index contributed by atoms with van der Waals surface area (Å²) < 4.78 is 9.92. The van der Waals surface area contributed by atoms with Crippen LogP contribution in [0.15, 0.2) is 18.2 Å². The Hall–Kier alpha value is -2.74. The molecule has 0 saturated carbocycles. The van der Waals surface area contributed by atoms with Crippen LogP contribution in [0.1, 0.15) is 57.8 Å². The van der Waals surface area contributed by atoms with Crippen LogP contribution in [0.5, 0.6) is 0 Å². The molecule has 1 aromatic carbocycles. The Bertz CT molecular complexity index is 746. The van der Waals surface area contributed by atoms with E-state index in [-0.39, 0.29) is 35.2 Å². The van der Waals surface area contributed by atoms with Gasteiger partial charge in [-0.05, 0) is 38.0 Å². The minimum absolute atomic E-state index is 0.0103. The lowest BCUT2D eigenvalue weighted by molar-refractivity contribution is -0.124. The fourth-order valence-corrected chi connectivity index (χ4v) is 2.62. The SMILES string of the molecule is CC[C@H](C)NC(=O)COC(=O)c1ccc2c(c1)C(=O)N(CCCOC)C2=O. The molecule has 1 aliphatic rings. The summed E-state index contributed by atoms with van der Waals surface area (Å²) in [6, 6.07) is 4.17. The minimum atomic E-state index is -0.727. The first kappa shape index (κ1) is 20.6. The predicted octanol–water partition coefficient (Wildman–Crippen LogP) is 1.39. The number of amides is 3. The third-order valence-electron chi connectivity index (χ3n) is 4.29. The van der Waals surface area contributed by atoms with Crippen LogP contribution in [0.3, 0.4) is 0 Å². The van der Waals surface area contributed by atoms with Crippen LogP contribution < -0.4 is 5.32 Å². The van der Waals surface area contributed by atoms with E-state index >= 15 is 0 Å². The van der Waals surface area contributed by atoms with E-state index in [1.54, 1.807) is 7.11 Å². The second kappa shape index (κ2) is 9.27. The van der Waals surface area contributed by atoms with Crippen LogP contribution in [0.4, 0.5) is 0 Å². The normalized spacial score (nSPS) is 14.1. The van der Waals surface area contributed by atoms with Gasteiger partial charge in [0, 0.05) is 26.3 Å². The van der Waals surface area contributed by atoms with Crippen molar-refractivity contribution in [1.82, 2.24) is 10.2 Å². The van der Waals surface area contributed by atoms with Gasteiger partial charge in [0.2, 0.25) is 0 Å². The summed E-state index contributed by atoms with van der Waals surface area (Å²) in [5.74, 6) is -1.96. The Morgan fingerprint density at radius 1 is 1.19 bits per heavy atom. The Morgan fingerprint density at radius 2 is 1.89 bits per heavy atom. The van der Waals surface area contributed by atoms with Crippen molar-refractivity contribution in [2.75, 3.05) is 26.9 Å². The number of nitrogens with zero attached hydrogens (tertiary/aromatic N) is 1. The highest BCUT2D eigenvalue weighted by molar-refractivity contribution is 6.21. The average Bonchev–Trinajstić information content (AvgIpc) is 2.90. The number of ether oxygens (including phenoxy) is 2. The van der Waals surface area contributed by atoms with Crippen molar-refractivity contribution in [2.24, 2.45) is 0 Å². The lowest BCUT2D eigenvalue weighted by Crippen LogP contribution is -2.35. The molecule has 0 radical (unpaired) electrons. The van der Waals surface area contributed by atoms with Crippen LogP contribution in [0.25, 0.3) is 0 Å². The molecule has 146 valence electrons. The first-order valence-corrected chi connectivity index (χ1v) is 8.84. The first-order valence-electron chi connectivity index (χ1n) is 8.84. The standard InChI is InChI=1S/C19H24N2O6/c1-4-12(2)20-16(22)11-27-19(25)13-6-7-14-15(10-13)18(24)21(17(14)23)8-5-9-26-3/h6-7,10,12H,4-5,8-9,11H2,1-3H3,(H,20,22)/t12-/m0/s1. The molecular formula is C19H24N2O6. The van der Waals surface area contributed by atoms with Gasteiger partial charge in [0.25, 0.3) is 17.7 Å². The van der Waals surface area contributed by atoms with Crippen LogP contribution in [-0.2, 0) is 14.3 Å². The number of carbonyl (C=O) groups excluding carboxylic acids is 4. The molecule has 0 aliphatic carbocycles. The van der Waals surface area contributed by atoms with Crippen molar-refractivity contribution < 1.29 is 28.7 Å². The van der Waals surface area contributed by atoms with E-state index in [1.165, 1.54) is 18.2 Å². The maximum absolute atomic E-state index is 12.4. The molecule has 0 fully saturated rings. The Balaban J connectivity index is 2.02. The summed E-state index contributed by atoms with van der Waals surface area (Å²) in [7, 11) is 1.55. The summed E-state index contributed by atoms with van der Waals surface area (Å²) in [5, 5.41) is 2.69. The van der Waals surface area contributed by atoms with Gasteiger partial charge >= 0.3 is 5.97 Å². The Kier molecular flexibility index (Phi) is 7.06. The fraction of sp³-hybridized carbons (Fsp3) is 0.474. The Morgan fingerprint density at radius 3 is 2.56 bits per heavy atom. The molecule has 0 saturated heterocycles. The van der Waals surface area contributed by atoms with Gasteiger partial charge in [-0.2, -0.15) is 0 Å². The molecule has 1 N–H and O–H groups in total. The number of imide groups is 1. The molecule has 1 atom stereocenters. The molecule has 1 aliphatic heterocycles. The maximum atomic E-state index is 12.4. The zero-order valence-electron chi connectivity index (χ0n) is 15.7. The number of benzene rings is 1. The van der Waals surface area contributed by atoms with Crippen LogP contribution >= 0.6 is 0 Å². The van der Waals surface area contributed by atoms with E-state index < -0.39 is 24.4 Å². The lowest BCUT2D eigenvalue weighted by Gasteiger charge is -2.12. The predicted molar refractivity (Wildman–Crippen MR) is 96.5 cm³/mol. The molecule has 8 heteroatoms. The van der Waals surface area contributed by atoms with E-state index in [9.17, 15) is 19.2 Å². The molecule has 0 bridgehead atoms. The quantitative estimate of drug-likeness (QED) is 0.397. The highest BCUT2D eigenvalue weighted by atomic mass is 16.5. The number of nitrogens with one attached hydrogen (secondary N) is 1. The van der Waals surface area contributed by atoms with Crippen LogP contribution in [0, 0.1) is 0 Å². The molecule has 0 unspecified atom stereocenters. The molecular weight excluding hydrogens is 352 g/mol. The maximum Gasteiger partial charge on any atom is 0.338 e. The van der Waals surface area contributed by atoms with E-state index in [0.29, 0.717) is 13.0 Å². The topological polar surface area (TPSA) is 102 Å². The number of carbonyl (C=O) groups is 4. The number of hydrogen-bond acceptors (Lipinski definition) is 6. The summed E-state index contributed by atoms with van der Waals surface area (Å²) in [6.45, 7) is 4.05. The summed E-state index contributed by atoms with van der Waals surface area (Å²) in [6.07, 6.45) is 1.30. The number of hydrogen-bond donors (Lipinski definition) is 1. The smallest absolute Gasteiger partial charge is 0.338 e. The monoisotopic (exact) mass is 376 g/mol. The van der Waals surface area contributed by atoms with E-state index in [1.807, 2.05) is 13.8 Å². The van der Waals surface area contributed by atoms with Gasteiger partial charge in [0.05, 0.1) is 16.7 Å². The zero-order chi connectivity index (χ0) is 20.0. The molecule has 8 nitrogen and oxygen atoms in total. The molecule has 1 heterocycles. The molecule has 27 heavy (non-hydrogen) atoms. The zero-order valence-corrected chi connectivity index (χ0v) is 15.7. The van der Waals surface area contributed by atoms with E-state index in [4.69, 9.17) is 9.47 Å². The van der Waals surface area contributed by atoms with Crippen LogP contribution in [0.2, 0.25) is 0 Å². The van der Waals surface area contributed by atoms with Crippen molar-refractivity contribution in [3.8, 4) is 0 Å². The molecule has 0 aromatic heterocycles. The molecule has 0 spiro atoms. The summed E-state index contributed by atoms with van der Waals surface area (Å²) in [4.78, 5) is 49.8. The number of fused-ring (bicyclic) bond motifs is 1. The number of methoxy groups -OCH3 is 1. The fourth-order valence-electron chi connectivity index (χ4n) is 2.62. The molecule has 2 rings (SSSR count). The van der Waals surface area contributed by atoms with Gasteiger partial charge in [0.15, 0.2) is 6.61 Å². The van der Waals surface area contributed by atoms with Gasteiger partial charge in [-0.25, -0.2) is 4.79 Å². The van der Waals surface area contributed by atoms with E-state index in [2.05, 4.69) is 5.32 Å². The van der Waals surface area contributed by atoms with E-state index in [0.717, 1.165) is 11.3 Å². The highest BCUT2D eigenvalue weighted by Gasteiger charge is 2.35. The lowest BCUT2D eigenvalue weighted by atomic mass is 10.1. The molecule has 3 amide bonds. The highest BCUT2D eigenvalue weighted by Crippen LogP contribution is 2.24. The van der Waals surface area contributed by atoms with Gasteiger partial charge in [-0.1, -0.05) is 6.92 Å². The van der Waals surface area contributed by atoms with Crippen molar-refractivity contribution in [3.05, 3.63) is 34.9 Å². The second-order valence-corrected chi connectivity index (χ2v) is 6.32. The van der Waals surface area contributed by atoms with Gasteiger partial charge in [0.1, 0.15) is 0 Å². The third-order valence-corrected chi connectivity index (χ3v) is 4.29. The summed E-state index contributed by atoms with van der Waals surface area (Å²) in [5.41, 5.74) is 0.532. The van der Waals surface area contributed by atoms with Crippen molar-refractivity contribution in [3.63, 3.8) is 0 Å². The second-order valence-electron chi connectivity index (χ2n) is 6.32.